The van der Waals surface area contributed by atoms with Gasteiger partial charge in [0.2, 0.25) is 0 Å². The Morgan fingerprint density at radius 2 is 2.05 bits per heavy atom. The van der Waals surface area contributed by atoms with Crippen molar-refractivity contribution < 1.29 is 4.79 Å². The van der Waals surface area contributed by atoms with Gasteiger partial charge in [0.25, 0.3) is 5.91 Å². The standard InChI is InChI=1S/C14H21IN2O.ClH/c1-9(2)14(4,8-16)17-13(18)11-6-5-7-12(15)10(11)3;/h5-7,9H,8,16H2,1-4H3,(H,17,18);1H. The molecule has 1 rings (SSSR count). The molecule has 0 spiro atoms. The Hall–Kier alpha value is -0.330. The predicted octanol–water partition coefficient (Wildman–Crippen LogP) is 3.12. The summed E-state index contributed by atoms with van der Waals surface area (Å²) in [6.45, 7) is 8.51. The molecule has 0 saturated carbocycles. The largest absolute Gasteiger partial charge is 0.345 e. The van der Waals surface area contributed by atoms with Crippen molar-refractivity contribution in [2.45, 2.75) is 33.2 Å². The molecule has 5 heteroatoms. The highest BCUT2D eigenvalue weighted by molar-refractivity contribution is 14.1. The van der Waals surface area contributed by atoms with Crippen molar-refractivity contribution in [2.75, 3.05) is 6.54 Å². The second-order valence-electron chi connectivity index (χ2n) is 5.14. The summed E-state index contributed by atoms with van der Waals surface area (Å²) < 4.78 is 1.10. The topological polar surface area (TPSA) is 55.1 Å². The van der Waals surface area contributed by atoms with Crippen LogP contribution in [0.2, 0.25) is 0 Å². The van der Waals surface area contributed by atoms with E-state index in [1.165, 1.54) is 0 Å². The molecule has 3 N–H and O–H groups in total. The first kappa shape index (κ1) is 18.7. The SMILES string of the molecule is Cc1c(I)cccc1C(=O)NC(C)(CN)C(C)C.Cl. The van der Waals surface area contributed by atoms with E-state index in [9.17, 15) is 4.79 Å². The van der Waals surface area contributed by atoms with Gasteiger partial charge in [-0.25, -0.2) is 0 Å². The van der Waals surface area contributed by atoms with E-state index in [1.807, 2.05) is 32.0 Å². The maximum atomic E-state index is 12.3. The van der Waals surface area contributed by atoms with Crippen LogP contribution in [0.3, 0.4) is 0 Å². The van der Waals surface area contributed by atoms with Crippen LogP contribution in [0.5, 0.6) is 0 Å². The number of hydrogen-bond acceptors (Lipinski definition) is 2. The molecule has 0 saturated heterocycles. The number of carbonyl (C=O) groups excluding carboxylic acids is 1. The normalized spacial score (nSPS) is 13.6. The van der Waals surface area contributed by atoms with Gasteiger partial charge in [-0.3, -0.25) is 4.79 Å². The molecule has 0 fully saturated rings. The van der Waals surface area contributed by atoms with Crippen LogP contribution in [-0.2, 0) is 0 Å². The molecule has 1 atom stereocenters. The lowest BCUT2D eigenvalue weighted by Crippen LogP contribution is -2.55. The van der Waals surface area contributed by atoms with Gasteiger partial charge in [0, 0.05) is 15.7 Å². The molecule has 0 aliphatic carbocycles. The first-order chi connectivity index (χ1) is 8.31. The summed E-state index contributed by atoms with van der Waals surface area (Å²) in [4.78, 5) is 12.3. The van der Waals surface area contributed by atoms with Crippen LogP contribution >= 0.6 is 35.0 Å². The third kappa shape index (κ3) is 4.33. The minimum atomic E-state index is -0.370. The zero-order valence-electron chi connectivity index (χ0n) is 11.8. The van der Waals surface area contributed by atoms with Crippen LogP contribution in [0.1, 0.15) is 36.7 Å². The number of benzene rings is 1. The fraction of sp³-hybridized carbons (Fsp3) is 0.500. The van der Waals surface area contributed by atoms with Crippen LogP contribution in [-0.4, -0.2) is 18.0 Å². The van der Waals surface area contributed by atoms with Crippen molar-refractivity contribution in [1.29, 1.82) is 0 Å². The molecule has 108 valence electrons. The lowest BCUT2D eigenvalue weighted by molar-refractivity contribution is 0.0882. The van der Waals surface area contributed by atoms with Gasteiger partial charge in [-0.15, -0.1) is 12.4 Å². The van der Waals surface area contributed by atoms with Gasteiger partial charge in [0.1, 0.15) is 0 Å². The molecule has 0 heterocycles. The Labute approximate surface area is 135 Å². The summed E-state index contributed by atoms with van der Waals surface area (Å²) in [6.07, 6.45) is 0. The van der Waals surface area contributed by atoms with Crippen molar-refractivity contribution in [2.24, 2.45) is 11.7 Å². The molecule has 0 aliphatic rings. The monoisotopic (exact) mass is 396 g/mol. The molecule has 0 aromatic heterocycles. The summed E-state index contributed by atoms with van der Waals surface area (Å²) in [5.74, 6) is 0.238. The first-order valence-corrected chi connectivity index (χ1v) is 7.17. The number of amides is 1. The highest BCUT2D eigenvalue weighted by atomic mass is 127. The lowest BCUT2D eigenvalue weighted by atomic mass is 9.88. The summed E-state index contributed by atoms with van der Waals surface area (Å²) in [5, 5.41) is 3.06. The molecule has 1 unspecified atom stereocenters. The van der Waals surface area contributed by atoms with Crippen molar-refractivity contribution in [3.05, 3.63) is 32.9 Å². The quantitative estimate of drug-likeness (QED) is 0.768. The van der Waals surface area contributed by atoms with Gasteiger partial charge in [0.15, 0.2) is 0 Å². The van der Waals surface area contributed by atoms with E-state index in [2.05, 4.69) is 41.8 Å². The van der Waals surface area contributed by atoms with Crippen molar-refractivity contribution >= 4 is 40.9 Å². The predicted molar refractivity (Wildman–Crippen MR) is 90.9 cm³/mol. The second kappa shape index (κ2) is 7.45. The van der Waals surface area contributed by atoms with E-state index in [1.54, 1.807) is 0 Å². The number of carbonyl (C=O) groups is 1. The van der Waals surface area contributed by atoms with Gasteiger partial charge >= 0.3 is 0 Å². The number of nitrogens with one attached hydrogen (secondary N) is 1. The second-order valence-corrected chi connectivity index (χ2v) is 6.31. The van der Waals surface area contributed by atoms with Gasteiger partial charge in [0.05, 0.1) is 5.54 Å². The summed E-state index contributed by atoms with van der Waals surface area (Å²) >= 11 is 2.24. The average Bonchev–Trinajstić information content (AvgIpc) is 2.32. The van der Waals surface area contributed by atoms with Crippen molar-refractivity contribution in [1.82, 2.24) is 5.32 Å². The van der Waals surface area contributed by atoms with Crippen LogP contribution in [0.15, 0.2) is 18.2 Å². The number of halogens is 2. The minimum Gasteiger partial charge on any atom is -0.345 e. The average molecular weight is 397 g/mol. The molecular weight excluding hydrogens is 375 g/mol. The van der Waals surface area contributed by atoms with Gasteiger partial charge in [-0.1, -0.05) is 19.9 Å². The number of nitrogens with two attached hydrogens (primary N) is 1. The number of hydrogen-bond donors (Lipinski definition) is 2. The molecule has 1 amide bonds. The van der Waals surface area contributed by atoms with E-state index < -0.39 is 0 Å². The van der Waals surface area contributed by atoms with Crippen molar-refractivity contribution in [3.8, 4) is 0 Å². The highest BCUT2D eigenvalue weighted by Crippen LogP contribution is 2.19. The molecule has 0 radical (unpaired) electrons. The zero-order valence-corrected chi connectivity index (χ0v) is 14.8. The van der Waals surface area contributed by atoms with E-state index in [4.69, 9.17) is 5.73 Å². The third-order valence-electron chi connectivity index (χ3n) is 3.61. The lowest BCUT2D eigenvalue weighted by Gasteiger charge is -2.33. The summed E-state index contributed by atoms with van der Waals surface area (Å²) in [7, 11) is 0. The summed E-state index contributed by atoms with van der Waals surface area (Å²) in [5.41, 5.74) is 7.15. The van der Waals surface area contributed by atoms with Crippen LogP contribution < -0.4 is 11.1 Å². The van der Waals surface area contributed by atoms with E-state index in [0.717, 1.165) is 14.7 Å². The Balaban J connectivity index is 0.00000324. The maximum Gasteiger partial charge on any atom is 0.252 e. The Morgan fingerprint density at radius 3 is 2.53 bits per heavy atom. The van der Waals surface area contributed by atoms with Gasteiger partial charge in [-0.2, -0.15) is 0 Å². The minimum absolute atomic E-state index is 0. The Kier molecular flexibility index (Phi) is 7.32. The Bertz CT molecular complexity index is 451. The highest BCUT2D eigenvalue weighted by Gasteiger charge is 2.29. The van der Waals surface area contributed by atoms with Crippen molar-refractivity contribution in [3.63, 3.8) is 0 Å². The van der Waals surface area contributed by atoms with E-state index >= 15 is 0 Å². The first-order valence-electron chi connectivity index (χ1n) is 6.09. The van der Waals surface area contributed by atoms with Crippen LogP contribution in [0, 0.1) is 16.4 Å². The van der Waals surface area contributed by atoms with Gasteiger partial charge < -0.3 is 11.1 Å². The summed E-state index contributed by atoms with van der Waals surface area (Å²) in [6, 6.07) is 5.75. The zero-order chi connectivity index (χ0) is 13.9. The van der Waals surface area contributed by atoms with Gasteiger partial charge in [-0.05, 0) is 60.1 Å². The molecule has 3 nitrogen and oxygen atoms in total. The van der Waals surface area contributed by atoms with Crippen LogP contribution in [0.25, 0.3) is 0 Å². The fourth-order valence-corrected chi connectivity index (χ4v) is 2.11. The fourth-order valence-electron chi connectivity index (χ4n) is 1.61. The van der Waals surface area contributed by atoms with E-state index in [-0.39, 0.29) is 29.8 Å². The molecule has 0 bridgehead atoms. The Morgan fingerprint density at radius 1 is 1.47 bits per heavy atom. The third-order valence-corrected chi connectivity index (χ3v) is 4.78. The molecule has 1 aromatic rings. The van der Waals surface area contributed by atoms with E-state index in [0.29, 0.717) is 6.54 Å². The smallest absolute Gasteiger partial charge is 0.252 e. The molecule has 1 aromatic carbocycles. The maximum absolute atomic E-state index is 12.3. The molecule has 0 aliphatic heterocycles. The number of rotatable bonds is 4. The molecular formula is C14H22ClIN2O. The van der Waals surface area contributed by atoms with Crippen LogP contribution in [0.4, 0.5) is 0 Å². The molecule has 19 heavy (non-hydrogen) atoms.